The van der Waals surface area contributed by atoms with E-state index in [1.54, 1.807) is 7.11 Å². The van der Waals surface area contributed by atoms with Crippen LogP contribution in [0.15, 0.2) is 42.6 Å². The second-order valence-corrected chi connectivity index (χ2v) is 7.50. The van der Waals surface area contributed by atoms with E-state index in [1.807, 2.05) is 29.3 Å². The normalized spacial score (nSPS) is 19.2. The topological polar surface area (TPSA) is 68.6 Å². The molecule has 0 aliphatic carbocycles. The summed E-state index contributed by atoms with van der Waals surface area (Å²) in [5.41, 5.74) is 1.60. The number of aromatic nitrogens is 2. The molecule has 2 aliphatic rings. The Balaban J connectivity index is 1.35. The van der Waals surface area contributed by atoms with E-state index in [0.29, 0.717) is 31.9 Å². The van der Waals surface area contributed by atoms with Crippen molar-refractivity contribution < 1.29 is 14.3 Å². The van der Waals surface area contributed by atoms with Gasteiger partial charge in [-0.15, -0.1) is 0 Å². The molecule has 3 heterocycles. The van der Waals surface area contributed by atoms with Gasteiger partial charge in [0.1, 0.15) is 23.4 Å². The van der Waals surface area contributed by atoms with Crippen molar-refractivity contribution in [3.63, 3.8) is 0 Å². The van der Waals surface area contributed by atoms with Crippen LogP contribution in [0.2, 0.25) is 0 Å². The zero-order valence-corrected chi connectivity index (χ0v) is 16.4. The predicted octanol–water partition coefficient (Wildman–Crippen LogP) is 2.36. The SMILES string of the molecule is COc1ccc2cc([C@H]3CN(C(=O)c4cn5c(n4)CNCC5)CCO3)ccc2c1. The first-order valence-electron chi connectivity index (χ1n) is 9.96. The Bertz CT molecular complexity index is 1040. The van der Waals surface area contributed by atoms with Crippen LogP contribution in [-0.4, -0.2) is 53.7 Å². The van der Waals surface area contributed by atoms with Crippen molar-refractivity contribution in [3.05, 3.63) is 59.7 Å². The standard InChI is InChI=1S/C22H24N4O3/c1-28-18-5-4-15-10-17(3-2-16(15)11-18)20-14-26(8-9-29-20)22(27)19-13-25-7-6-23-12-21(25)24-19/h2-5,10-11,13,20,23H,6-9,12,14H2,1H3/t20-/m1/s1. The summed E-state index contributed by atoms with van der Waals surface area (Å²) >= 11 is 0. The van der Waals surface area contributed by atoms with Crippen molar-refractivity contribution >= 4 is 16.7 Å². The van der Waals surface area contributed by atoms with Crippen LogP contribution in [-0.2, 0) is 17.8 Å². The Kier molecular flexibility index (Phi) is 4.69. The van der Waals surface area contributed by atoms with Crippen LogP contribution in [0, 0.1) is 0 Å². The molecule has 1 N–H and O–H groups in total. The number of hydrogen-bond acceptors (Lipinski definition) is 5. The van der Waals surface area contributed by atoms with Crippen molar-refractivity contribution in [1.82, 2.24) is 19.8 Å². The predicted molar refractivity (Wildman–Crippen MR) is 109 cm³/mol. The van der Waals surface area contributed by atoms with Crippen LogP contribution in [0.5, 0.6) is 5.75 Å². The average Bonchev–Trinajstić information content (AvgIpc) is 3.22. The molecule has 1 aromatic heterocycles. The zero-order valence-electron chi connectivity index (χ0n) is 16.4. The summed E-state index contributed by atoms with van der Waals surface area (Å²) in [7, 11) is 1.67. The molecular weight excluding hydrogens is 368 g/mol. The Hall–Kier alpha value is -2.90. The highest BCUT2D eigenvalue weighted by molar-refractivity contribution is 5.92. The number of benzene rings is 2. The maximum Gasteiger partial charge on any atom is 0.274 e. The van der Waals surface area contributed by atoms with Crippen molar-refractivity contribution in [2.24, 2.45) is 0 Å². The number of fused-ring (bicyclic) bond motifs is 2. The van der Waals surface area contributed by atoms with E-state index in [1.165, 1.54) is 0 Å². The Morgan fingerprint density at radius 1 is 1.21 bits per heavy atom. The summed E-state index contributed by atoms with van der Waals surface area (Å²) in [5, 5.41) is 5.54. The lowest BCUT2D eigenvalue weighted by Gasteiger charge is -2.33. The fourth-order valence-electron chi connectivity index (χ4n) is 4.06. The van der Waals surface area contributed by atoms with Crippen LogP contribution < -0.4 is 10.1 Å². The van der Waals surface area contributed by atoms with E-state index in [4.69, 9.17) is 9.47 Å². The van der Waals surface area contributed by atoms with E-state index < -0.39 is 0 Å². The second-order valence-electron chi connectivity index (χ2n) is 7.50. The fourth-order valence-corrected chi connectivity index (χ4v) is 4.06. The van der Waals surface area contributed by atoms with Crippen LogP contribution >= 0.6 is 0 Å². The molecular formula is C22H24N4O3. The number of nitrogens with one attached hydrogen (secondary N) is 1. The molecule has 150 valence electrons. The van der Waals surface area contributed by atoms with Crippen molar-refractivity contribution in [2.45, 2.75) is 19.2 Å². The zero-order chi connectivity index (χ0) is 19.8. The number of carbonyl (C=O) groups excluding carboxylic acids is 1. The van der Waals surface area contributed by atoms with Gasteiger partial charge in [0.15, 0.2) is 0 Å². The van der Waals surface area contributed by atoms with Gasteiger partial charge in [0.25, 0.3) is 5.91 Å². The molecule has 1 fully saturated rings. The molecule has 7 heteroatoms. The van der Waals surface area contributed by atoms with Gasteiger partial charge in [-0.25, -0.2) is 4.98 Å². The summed E-state index contributed by atoms with van der Waals surface area (Å²) in [6, 6.07) is 12.3. The molecule has 2 aliphatic heterocycles. The van der Waals surface area contributed by atoms with Crippen LogP contribution in [0.25, 0.3) is 10.8 Å². The largest absolute Gasteiger partial charge is 0.497 e. The molecule has 5 rings (SSSR count). The molecule has 1 atom stereocenters. The van der Waals surface area contributed by atoms with Gasteiger partial charge in [-0.1, -0.05) is 18.2 Å². The van der Waals surface area contributed by atoms with E-state index in [2.05, 4.69) is 33.1 Å². The lowest BCUT2D eigenvalue weighted by Crippen LogP contribution is -2.42. The van der Waals surface area contributed by atoms with E-state index >= 15 is 0 Å². The third kappa shape index (κ3) is 3.47. The minimum atomic E-state index is -0.141. The first-order chi connectivity index (χ1) is 14.2. The summed E-state index contributed by atoms with van der Waals surface area (Å²) in [5.74, 6) is 1.74. The number of imidazole rings is 1. The molecule has 0 unspecified atom stereocenters. The Morgan fingerprint density at radius 3 is 2.93 bits per heavy atom. The Morgan fingerprint density at radius 2 is 2.07 bits per heavy atom. The van der Waals surface area contributed by atoms with Crippen molar-refractivity contribution in [2.75, 3.05) is 33.4 Å². The average molecular weight is 392 g/mol. The molecule has 1 saturated heterocycles. The van der Waals surface area contributed by atoms with Crippen molar-refractivity contribution in [3.8, 4) is 5.75 Å². The number of carbonyl (C=O) groups is 1. The third-order valence-corrected chi connectivity index (χ3v) is 5.69. The van der Waals surface area contributed by atoms with E-state index in [9.17, 15) is 4.79 Å². The molecule has 0 saturated carbocycles. The van der Waals surface area contributed by atoms with Gasteiger partial charge in [-0.05, 0) is 34.5 Å². The molecule has 0 radical (unpaired) electrons. The number of morpholine rings is 1. The first kappa shape index (κ1) is 18.1. The van der Waals surface area contributed by atoms with Gasteiger partial charge in [-0.3, -0.25) is 4.79 Å². The number of hydrogen-bond donors (Lipinski definition) is 1. The van der Waals surface area contributed by atoms with E-state index in [-0.39, 0.29) is 12.0 Å². The van der Waals surface area contributed by atoms with Gasteiger partial charge < -0.3 is 24.3 Å². The van der Waals surface area contributed by atoms with Crippen LogP contribution in [0.3, 0.4) is 0 Å². The molecule has 1 amide bonds. The summed E-state index contributed by atoms with van der Waals surface area (Å²) in [4.78, 5) is 19.4. The molecule has 29 heavy (non-hydrogen) atoms. The summed E-state index contributed by atoms with van der Waals surface area (Å²) in [6.07, 6.45) is 1.74. The number of amides is 1. The second kappa shape index (κ2) is 7.50. The van der Waals surface area contributed by atoms with Crippen LogP contribution in [0.4, 0.5) is 0 Å². The minimum absolute atomic E-state index is 0.0225. The molecule has 2 aromatic carbocycles. The highest BCUT2D eigenvalue weighted by atomic mass is 16.5. The molecule has 0 spiro atoms. The number of nitrogens with zero attached hydrogens (tertiary/aromatic N) is 3. The quantitative estimate of drug-likeness (QED) is 0.741. The maximum absolute atomic E-state index is 13.0. The number of ether oxygens (including phenoxy) is 2. The van der Waals surface area contributed by atoms with Gasteiger partial charge in [-0.2, -0.15) is 0 Å². The smallest absolute Gasteiger partial charge is 0.274 e. The summed E-state index contributed by atoms with van der Waals surface area (Å²) in [6.45, 7) is 4.10. The van der Waals surface area contributed by atoms with Gasteiger partial charge >= 0.3 is 0 Å². The lowest BCUT2D eigenvalue weighted by atomic mass is 10.0. The Labute approximate surface area is 169 Å². The first-order valence-corrected chi connectivity index (χ1v) is 9.96. The van der Waals surface area contributed by atoms with E-state index in [0.717, 1.165) is 41.0 Å². The fraction of sp³-hybridized carbons (Fsp3) is 0.364. The van der Waals surface area contributed by atoms with Crippen molar-refractivity contribution in [1.29, 1.82) is 0 Å². The van der Waals surface area contributed by atoms with Gasteiger partial charge in [0.2, 0.25) is 0 Å². The molecule has 3 aromatic rings. The maximum atomic E-state index is 13.0. The lowest BCUT2D eigenvalue weighted by molar-refractivity contribution is -0.0229. The minimum Gasteiger partial charge on any atom is -0.497 e. The highest BCUT2D eigenvalue weighted by Crippen LogP contribution is 2.28. The molecule has 7 nitrogen and oxygen atoms in total. The monoisotopic (exact) mass is 392 g/mol. The number of methoxy groups -OCH3 is 1. The van der Waals surface area contributed by atoms with Crippen LogP contribution in [0.1, 0.15) is 28.0 Å². The molecule has 0 bridgehead atoms. The third-order valence-electron chi connectivity index (χ3n) is 5.69. The van der Waals surface area contributed by atoms with Gasteiger partial charge in [0.05, 0.1) is 26.8 Å². The summed E-state index contributed by atoms with van der Waals surface area (Å²) < 4.78 is 13.4. The highest BCUT2D eigenvalue weighted by Gasteiger charge is 2.28. The number of rotatable bonds is 3. The van der Waals surface area contributed by atoms with Gasteiger partial charge in [0, 0.05) is 25.8 Å².